The average molecular weight is 300 g/mol. The summed E-state index contributed by atoms with van der Waals surface area (Å²) in [5.74, 6) is 1.44. The molecule has 2 aliphatic heterocycles. The van der Waals surface area contributed by atoms with E-state index in [1.54, 1.807) is 30.2 Å². The number of hydrogen-bond acceptors (Lipinski definition) is 4. The fourth-order valence-electron chi connectivity index (χ4n) is 1.99. The van der Waals surface area contributed by atoms with Gasteiger partial charge in [0.15, 0.2) is 0 Å². The minimum Gasteiger partial charge on any atom is -0.464 e. The Balaban J connectivity index is 0.000000160. The highest BCUT2D eigenvalue weighted by Gasteiger charge is 2.19. The maximum absolute atomic E-state index is 11.8. The SMILES string of the molecule is C1=CC2=C(NCS2)c2ccccc2O1.Fc1ccccn1. The summed E-state index contributed by atoms with van der Waals surface area (Å²) in [5, 5.41) is 3.37. The van der Waals surface area contributed by atoms with Gasteiger partial charge < -0.3 is 10.1 Å². The normalized spacial score (nSPS) is 14.9. The second kappa shape index (κ2) is 6.45. The first-order valence-corrected chi connectivity index (χ1v) is 7.43. The fourth-order valence-corrected chi connectivity index (χ4v) is 2.84. The second-order valence-corrected chi connectivity index (χ2v) is 5.29. The summed E-state index contributed by atoms with van der Waals surface area (Å²) in [5.41, 5.74) is 2.34. The maximum atomic E-state index is 11.8. The van der Waals surface area contributed by atoms with Gasteiger partial charge in [-0.25, -0.2) is 4.98 Å². The van der Waals surface area contributed by atoms with E-state index in [2.05, 4.69) is 16.4 Å². The zero-order valence-electron chi connectivity index (χ0n) is 11.1. The topological polar surface area (TPSA) is 34.1 Å². The minimum atomic E-state index is -0.428. The number of allylic oxidation sites excluding steroid dienone is 1. The van der Waals surface area contributed by atoms with Gasteiger partial charge in [-0.1, -0.05) is 18.2 Å². The van der Waals surface area contributed by atoms with E-state index in [4.69, 9.17) is 4.74 Å². The number of ether oxygens (including phenoxy) is 1. The van der Waals surface area contributed by atoms with Crippen LogP contribution in [0.4, 0.5) is 4.39 Å². The van der Waals surface area contributed by atoms with Crippen molar-refractivity contribution in [1.82, 2.24) is 10.3 Å². The van der Waals surface area contributed by atoms with Gasteiger partial charge in [0.05, 0.1) is 17.8 Å². The molecule has 0 saturated heterocycles. The Morgan fingerprint density at radius 1 is 1.14 bits per heavy atom. The molecule has 0 bridgehead atoms. The van der Waals surface area contributed by atoms with Crippen LogP contribution in [0.5, 0.6) is 5.75 Å². The number of benzene rings is 1. The van der Waals surface area contributed by atoms with Gasteiger partial charge in [0.2, 0.25) is 5.95 Å². The average Bonchev–Trinajstić information content (AvgIpc) is 2.91. The van der Waals surface area contributed by atoms with Crippen LogP contribution in [0.25, 0.3) is 5.70 Å². The first-order chi connectivity index (χ1) is 10.3. The van der Waals surface area contributed by atoms with Gasteiger partial charge in [-0.15, -0.1) is 11.8 Å². The Bertz CT molecular complexity index is 686. The number of halogens is 1. The molecule has 0 radical (unpaired) electrons. The molecule has 0 spiro atoms. The summed E-state index contributed by atoms with van der Waals surface area (Å²) in [6.45, 7) is 0. The number of aromatic nitrogens is 1. The lowest BCUT2D eigenvalue weighted by atomic mass is 10.1. The Morgan fingerprint density at radius 2 is 2.00 bits per heavy atom. The van der Waals surface area contributed by atoms with Crippen LogP contribution in [-0.2, 0) is 0 Å². The van der Waals surface area contributed by atoms with Crippen molar-refractivity contribution >= 4 is 17.5 Å². The lowest BCUT2D eigenvalue weighted by Crippen LogP contribution is -2.05. The van der Waals surface area contributed by atoms with E-state index in [0.717, 1.165) is 17.2 Å². The molecular weight excluding hydrogens is 287 g/mol. The monoisotopic (exact) mass is 300 g/mol. The Kier molecular flexibility index (Phi) is 4.21. The molecule has 1 aromatic carbocycles. The van der Waals surface area contributed by atoms with Crippen molar-refractivity contribution in [2.24, 2.45) is 0 Å². The molecule has 3 nitrogen and oxygen atoms in total. The predicted octanol–water partition coefficient (Wildman–Crippen LogP) is 3.78. The van der Waals surface area contributed by atoms with E-state index >= 15 is 0 Å². The van der Waals surface area contributed by atoms with E-state index in [9.17, 15) is 4.39 Å². The number of nitrogens with zero attached hydrogens (tertiary/aromatic N) is 1. The van der Waals surface area contributed by atoms with Gasteiger partial charge in [-0.3, -0.25) is 0 Å². The van der Waals surface area contributed by atoms with Crippen molar-refractivity contribution in [3.63, 3.8) is 0 Å². The van der Waals surface area contributed by atoms with E-state index in [1.807, 2.05) is 24.3 Å². The summed E-state index contributed by atoms with van der Waals surface area (Å²) < 4.78 is 17.3. The molecule has 21 heavy (non-hydrogen) atoms. The third kappa shape index (κ3) is 3.25. The van der Waals surface area contributed by atoms with Gasteiger partial charge in [0.25, 0.3) is 0 Å². The number of rotatable bonds is 0. The smallest absolute Gasteiger partial charge is 0.212 e. The van der Waals surface area contributed by atoms with Crippen LogP contribution >= 0.6 is 11.8 Å². The van der Waals surface area contributed by atoms with Crippen molar-refractivity contribution in [2.45, 2.75) is 0 Å². The molecule has 1 aromatic heterocycles. The maximum Gasteiger partial charge on any atom is 0.212 e. The molecule has 2 aliphatic rings. The molecule has 1 N–H and O–H groups in total. The number of hydrogen-bond donors (Lipinski definition) is 1. The Labute approximate surface area is 126 Å². The Morgan fingerprint density at radius 3 is 2.76 bits per heavy atom. The number of thioether (sulfide) groups is 1. The van der Waals surface area contributed by atoms with Gasteiger partial charge in [0, 0.05) is 16.7 Å². The molecule has 0 amide bonds. The van der Waals surface area contributed by atoms with Crippen LogP contribution in [-0.4, -0.2) is 10.9 Å². The summed E-state index contributed by atoms with van der Waals surface area (Å²) in [6.07, 6.45) is 5.18. The molecule has 2 aromatic rings. The van der Waals surface area contributed by atoms with Gasteiger partial charge >= 0.3 is 0 Å². The van der Waals surface area contributed by atoms with Gasteiger partial charge in [-0.2, -0.15) is 4.39 Å². The highest BCUT2D eigenvalue weighted by atomic mass is 32.2. The summed E-state index contributed by atoms with van der Waals surface area (Å²) in [4.78, 5) is 4.57. The molecule has 4 rings (SSSR count). The molecule has 106 valence electrons. The van der Waals surface area contributed by atoms with Crippen molar-refractivity contribution in [3.8, 4) is 5.75 Å². The number of para-hydroxylation sites is 1. The van der Waals surface area contributed by atoms with Gasteiger partial charge in [0.1, 0.15) is 5.75 Å². The summed E-state index contributed by atoms with van der Waals surface area (Å²) >= 11 is 1.80. The molecule has 5 heteroatoms. The molecule has 3 heterocycles. The van der Waals surface area contributed by atoms with Crippen molar-refractivity contribution in [3.05, 3.63) is 77.4 Å². The zero-order valence-corrected chi connectivity index (χ0v) is 11.9. The van der Waals surface area contributed by atoms with Crippen LogP contribution in [0, 0.1) is 5.95 Å². The van der Waals surface area contributed by atoms with Crippen molar-refractivity contribution < 1.29 is 9.13 Å². The summed E-state index contributed by atoms with van der Waals surface area (Å²) in [6, 6.07) is 12.7. The van der Waals surface area contributed by atoms with Crippen LogP contribution in [0.2, 0.25) is 0 Å². The van der Waals surface area contributed by atoms with E-state index in [1.165, 1.54) is 22.9 Å². The zero-order chi connectivity index (χ0) is 14.5. The molecule has 0 unspecified atom stereocenters. The minimum absolute atomic E-state index is 0.428. The third-order valence-electron chi connectivity index (χ3n) is 2.92. The predicted molar refractivity (Wildman–Crippen MR) is 82.9 cm³/mol. The third-order valence-corrected chi connectivity index (χ3v) is 3.86. The lowest BCUT2D eigenvalue weighted by Gasteiger charge is -2.07. The quantitative estimate of drug-likeness (QED) is 0.751. The second-order valence-electron chi connectivity index (χ2n) is 4.27. The molecule has 0 atom stereocenters. The molecule has 0 saturated carbocycles. The summed E-state index contributed by atoms with van der Waals surface area (Å²) in [7, 11) is 0. The highest BCUT2D eigenvalue weighted by molar-refractivity contribution is 8.03. The standard InChI is InChI=1S/C11H9NOS.C5H4FN/c1-2-4-9-8(3-1)11-10(5-6-13-9)14-7-12-11;6-5-3-1-2-4-7-5/h1-6,12H,7H2;1-4H. The van der Waals surface area contributed by atoms with E-state index < -0.39 is 5.95 Å². The largest absolute Gasteiger partial charge is 0.464 e. The van der Waals surface area contributed by atoms with Crippen molar-refractivity contribution in [1.29, 1.82) is 0 Å². The van der Waals surface area contributed by atoms with Crippen LogP contribution in [0.1, 0.15) is 5.56 Å². The first kappa shape index (κ1) is 13.7. The molecule has 0 aliphatic carbocycles. The van der Waals surface area contributed by atoms with Crippen LogP contribution in [0.3, 0.4) is 0 Å². The number of fused-ring (bicyclic) bond motifs is 2. The van der Waals surface area contributed by atoms with Gasteiger partial charge in [-0.05, 0) is 30.3 Å². The number of pyridine rings is 1. The Hall–Kier alpha value is -2.27. The van der Waals surface area contributed by atoms with Crippen molar-refractivity contribution in [2.75, 3.05) is 5.88 Å². The van der Waals surface area contributed by atoms with E-state index in [-0.39, 0.29) is 0 Å². The highest BCUT2D eigenvalue weighted by Crippen LogP contribution is 2.37. The molecular formula is C16H13FN2OS. The van der Waals surface area contributed by atoms with Crippen LogP contribution in [0.15, 0.2) is 65.9 Å². The number of nitrogens with one attached hydrogen (secondary N) is 1. The fraction of sp³-hybridized carbons (Fsp3) is 0.0625. The van der Waals surface area contributed by atoms with E-state index in [0.29, 0.717) is 0 Å². The van der Waals surface area contributed by atoms with Crippen LogP contribution < -0.4 is 10.1 Å². The lowest BCUT2D eigenvalue weighted by molar-refractivity contribution is 0.480. The molecule has 0 fully saturated rings. The first-order valence-electron chi connectivity index (χ1n) is 6.45.